The van der Waals surface area contributed by atoms with Crippen molar-refractivity contribution in [3.63, 3.8) is 0 Å². The Hall–Kier alpha value is -0.920. The number of piperidine rings is 3. The molecule has 4 nitrogen and oxygen atoms in total. The third kappa shape index (κ3) is 3.02. The Labute approximate surface area is 155 Å². The van der Waals surface area contributed by atoms with Crippen LogP contribution in [0.5, 0.6) is 0 Å². The van der Waals surface area contributed by atoms with E-state index in [4.69, 9.17) is 4.74 Å². The molecule has 5 rings (SSSR count). The second kappa shape index (κ2) is 7.14. The zero-order chi connectivity index (χ0) is 15.9. The lowest BCUT2D eigenvalue weighted by atomic mass is 9.85. The Morgan fingerprint density at radius 1 is 1.17 bits per heavy atom. The van der Waals surface area contributed by atoms with E-state index in [0.717, 1.165) is 32.5 Å². The van der Waals surface area contributed by atoms with Gasteiger partial charge in [0, 0.05) is 6.54 Å². The Bertz CT molecular complexity index is 632. The number of fused-ring (bicyclic) bond motifs is 3. The molecule has 130 valence electrons. The zero-order valence-corrected chi connectivity index (χ0v) is 15.5. The lowest BCUT2D eigenvalue weighted by molar-refractivity contribution is -0.176. The molecule has 3 aliphatic rings. The molecule has 1 N–H and O–H groups in total. The van der Waals surface area contributed by atoms with Crippen LogP contribution in [0.3, 0.4) is 0 Å². The van der Waals surface area contributed by atoms with Gasteiger partial charge in [-0.3, -0.25) is 4.90 Å². The Morgan fingerprint density at radius 3 is 2.17 bits per heavy atom. The molecule has 2 bridgehead atoms. The van der Waals surface area contributed by atoms with Crippen LogP contribution in [0.2, 0.25) is 0 Å². The SMILES string of the molecule is Cl.O=C(OC1CN2CCC1CC2)C(O)(c1cccs1)c1cccs1. The summed E-state index contributed by atoms with van der Waals surface area (Å²) < 4.78 is 5.82. The topological polar surface area (TPSA) is 49.8 Å². The number of carbonyl (C=O) groups is 1. The van der Waals surface area contributed by atoms with Gasteiger partial charge in [0.25, 0.3) is 0 Å². The van der Waals surface area contributed by atoms with Gasteiger partial charge in [0.05, 0.1) is 9.75 Å². The molecule has 3 fully saturated rings. The largest absolute Gasteiger partial charge is 0.458 e. The predicted octanol–water partition coefficient (Wildman–Crippen LogP) is 3.10. The summed E-state index contributed by atoms with van der Waals surface area (Å²) in [4.78, 5) is 16.5. The van der Waals surface area contributed by atoms with E-state index in [1.807, 2.05) is 22.9 Å². The number of rotatable bonds is 4. The van der Waals surface area contributed by atoms with Gasteiger partial charge in [-0.15, -0.1) is 35.1 Å². The first kappa shape index (κ1) is 17.9. The fraction of sp³-hybridized carbons (Fsp3) is 0.471. The standard InChI is InChI=1S/C17H19NO3S2.ClH/c19-16(21-13-11-18-7-5-12(13)6-8-18)17(20,14-3-1-9-22-14)15-4-2-10-23-15;/h1-4,9-10,12-13,20H,5-8,11H2;1H. The quantitative estimate of drug-likeness (QED) is 0.821. The maximum atomic E-state index is 12.9. The maximum absolute atomic E-state index is 12.9. The lowest BCUT2D eigenvalue weighted by Gasteiger charge is -2.44. The van der Waals surface area contributed by atoms with E-state index >= 15 is 0 Å². The molecule has 3 aliphatic heterocycles. The minimum Gasteiger partial charge on any atom is -0.458 e. The van der Waals surface area contributed by atoms with E-state index in [2.05, 4.69) is 4.90 Å². The van der Waals surface area contributed by atoms with Gasteiger partial charge in [-0.25, -0.2) is 4.79 Å². The average Bonchev–Trinajstić information content (AvgIpc) is 3.29. The van der Waals surface area contributed by atoms with Crippen LogP contribution >= 0.6 is 35.1 Å². The predicted molar refractivity (Wildman–Crippen MR) is 97.9 cm³/mol. The van der Waals surface area contributed by atoms with Crippen molar-refractivity contribution < 1.29 is 14.6 Å². The monoisotopic (exact) mass is 385 g/mol. The van der Waals surface area contributed by atoms with Crippen LogP contribution in [0, 0.1) is 5.92 Å². The highest BCUT2D eigenvalue weighted by atomic mass is 35.5. The number of carbonyl (C=O) groups excluding carboxylic acids is 1. The number of nitrogens with zero attached hydrogens (tertiary/aromatic N) is 1. The van der Waals surface area contributed by atoms with E-state index in [9.17, 15) is 9.90 Å². The van der Waals surface area contributed by atoms with Gasteiger partial charge in [-0.05, 0) is 54.7 Å². The van der Waals surface area contributed by atoms with Crippen molar-refractivity contribution in [1.82, 2.24) is 4.90 Å². The first-order chi connectivity index (χ1) is 11.2. The number of aliphatic hydroxyl groups is 1. The Kier molecular flexibility index (Phi) is 5.32. The van der Waals surface area contributed by atoms with Crippen LogP contribution in [0.4, 0.5) is 0 Å². The summed E-state index contributed by atoms with van der Waals surface area (Å²) in [5, 5.41) is 15.0. The van der Waals surface area contributed by atoms with E-state index in [-0.39, 0.29) is 18.5 Å². The van der Waals surface area contributed by atoms with E-state index in [1.54, 1.807) is 12.1 Å². The molecule has 2 aromatic heterocycles. The summed E-state index contributed by atoms with van der Waals surface area (Å²) in [5.41, 5.74) is -1.69. The van der Waals surface area contributed by atoms with Crippen molar-refractivity contribution >= 4 is 41.0 Å². The number of thiophene rings is 2. The zero-order valence-electron chi connectivity index (χ0n) is 13.1. The molecule has 0 radical (unpaired) electrons. The first-order valence-corrected chi connectivity index (χ1v) is 9.67. The lowest BCUT2D eigenvalue weighted by Crippen LogP contribution is -2.53. The summed E-state index contributed by atoms with van der Waals surface area (Å²) in [5.74, 6) is -0.110. The molecule has 1 unspecified atom stereocenters. The van der Waals surface area contributed by atoms with Crippen LogP contribution in [0.1, 0.15) is 22.6 Å². The number of halogens is 1. The third-order valence-electron chi connectivity index (χ3n) is 4.91. The summed E-state index contributed by atoms with van der Waals surface area (Å²) in [6.07, 6.45) is 2.06. The molecule has 0 spiro atoms. The van der Waals surface area contributed by atoms with Crippen LogP contribution in [-0.2, 0) is 15.1 Å². The molecular weight excluding hydrogens is 366 g/mol. The fourth-order valence-electron chi connectivity index (χ4n) is 3.56. The highest BCUT2D eigenvalue weighted by molar-refractivity contribution is 7.12. The second-order valence-corrected chi connectivity index (χ2v) is 8.14. The maximum Gasteiger partial charge on any atom is 0.349 e. The molecule has 3 saturated heterocycles. The van der Waals surface area contributed by atoms with Gasteiger partial charge in [0.15, 0.2) is 0 Å². The van der Waals surface area contributed by atoms with Gasteiger partial charge in [0.2, 0.25) is 5.60 Å². The van der Waals surface area contributed by atoms with Crippen molar-refractivity contribution in [3.05, 3.63) is 44.8 Å². The van der Waals surface area contributed by atoms with Gasteiger partial charge in [-0.2, -0.15) is 0 Å². The molecule has 0 aliphatic carbocycles. The van der Waals surface area contributed by atoms with Gasteiger partial charge in [0.1, 0.15) is 6.10 Å². The van der Waals surface area contributed by atoms with Crippen molar-refractivity contribution in [1.29, 1.82) is 0 Å². The van der Waals surface area contributed by atoms with Crippen molar-refractivity contribution in [2.24, 2.45) is 5.92 Å². The van der Waals surface area contributed by atoms with E-state index < -0.39 is 11.6 Å². The molecule has 24 heavy (non-hydrogen) atoms. The van der Waals surface area contributed by atoms with Gasteiger partial charge in [-0.1, -0.05) is 12.1 Å². The number of ether oxygens (including phenoxy) is 1. The molecule has 5 heterocycles. The van der Waals surface area contributed by atoms with Crippen molar-refractivity contribution in [2.45, 2.75) is 24.5 Å². The third-order valence-corrected chi connectivity index (χ3v) is 6.86. The fourth-order valence-corrected chi connectivity index (χ4v) is 5.27. The summed E-state index contributed by atoms with van der Waals surface area (Å²) in [6, 6.07) is 7.28. The molecule has 2 aromatic rings. The second-order valence-electron chi connectivity index (χ2n) is 6.25. The van der Waals surface area contributed by atoms with Crippen molar-refractivity contribution in [3.8, 4) is 0 Å². The smallest absolute Gasteiger partial charge is 0.349 e. The highest BCUT2D eigenvalue weighted by Crippen LogP contribution is 2.38. The average molecular weight is 386 g/mol. The van der Waals surface area contributed by atoms with E-state index in [1.165, 1.54) is 22.7 Å². The normalized spacial score (nSPS) is 26.0. The molecule has 0 aromatic carbocycles. The van der Waals surface area contributed by atoms with Crippen LogP contribution in [0.25, 0.3) is 0 Å². The van der Waals surface area contributed by atoms with Crippen LogP contribution in [-0.4, -0.2) is 41.7 Å². The molecule has 7 heteroatoms. The van der Waals surface area contributed by atoms with Gasteiger partial charge >= 0.3 is 5.97 Å². The summed E-state index contributed by atoms with van der Waals surface area (Å²) in [6.45, 7) is 2.99. The summed E-state index contributed by atoms with van der Waals surface area (Å²) in [7, 11) is 0. The van der Waals surface area contributed by atoms with Crippen molar-refractivity contribution in [2.75, 3.05) is 19.6 Å². The van der Waals surface area contributed by atoms with Crippen LogP contribution < -0.4 is 0 Å². The van der Waals surface area contributed by atoms with Gasteiger partial charge < -0.3 is 9.84 Å². The first-order valence-electron chi connectivity index (χ1n) is 7.91. The number of esters is 1. The molecule has 1 atom stereocenters. The van der Waals surface area contributed by atoms with Crippen LogP contribution in [0.15, 0.2) is 35.0 Å². The number of hydrogen-bond donors (Lipinski definition) is 1. The highest BCUT2D eigenvalue weighted by Gasteiger charge is 2.46. The summed E-state index contributed by atoms with van der Waals surface area (Å²) >= 11 is 2.76. The number of hydrogen-bond acceptors (Lipinski definition) is 6. The minimum atomic E-state index is -1.69. The Balaban J connectivity index is 0.00000169. The Morgan fingerprint density at radius 2 is 1.75 bits per heavy atom. The molecular formula is C17H20ClNO3S2. The van der Waals surface area contributed by atoms with E-state index in [0.29, 0.717) is 15.7 Å². The molecule has 0 saturated carbocycles. The molecule has 0 amide bonds. The minimum absolute atomic E-state index is 0.